The molecule has 1 unspecified atom stereocenters. The van der Waals surface area contributed by atoms with E-state index < -0.39 is 5.24 Å². The molecule has 1 aromatic rings. The summed E-state index contributed by atoms with van der Waals surface area (Å²) in [7, 11) is 0. The fourth-order valence-electron chi connectivity index (χ4n) is 1.11. The molecule has 0 fully saturated rings. The molecule has 0 bridgehead atoms. The lowest BCUT2D eigenvalue weighted by molar-refractivity contribution is 0.108. The quantitative estimate of drug-likeness (QED) is 0.336. The average molecular weight is 244 g/mol. The van der Waals surface area contributed by atoms with E-state index in [0.29, 0.717) is 4.88 Å². The first-order chi connectivity index (χ1) is 7.13. The number of azide groups is 1. The van der Waals surface area contributed by atoms with Crippen LogP contribution < -0.4 is 0 Å². The van der Waals surface area contributed by atoms with E-state index in [1.165, 1.54) is 11.3 Å². The van der Waals surface area contributed by atoms with Crippen LogP contribution in [0, 0.1) is 0 Å². The molecule has 1 rings (SSSR count). The summed E-state index contributed by atoms with van der Waals surface area (Å²) in [5.41, 5.74) is 8.21. The summed E-state index contributed by atoms with van der Waals surface area (Å²) in [5, 5.41) is 3.15. The maximum Gasteiger partial charge on any atom is 0.262 e. The van der Waals surface area contributed by atoms with Crippen molar-refractivity contribution in [3.63, 3.8) is 0 Å². The van der Waals surface area contributed by atoms with Gasteiger partial charge in [-0.05, 0) is 42.1 Å². The van der Waals surface area contributed by atoms with Crippen molar-refractivity contribution in [1.82, 2.24) is 0 Å². The van der Waals surface area contributed by atoms with Gasteiger partial charge in [0.1, 0.15) is 0 Å². The summed E-state index contributed by atoms with van der Waals surface area (Å²) in [6, 6.07) is 3.57. The number of hydrogen-bond acceptors (Lipinski definition) is 3. The van der Waals surface area contributed by atoms with Crippen LogP contribution >= 0.6 is 22.9 Å². The van der Waals surface area contributed by atoms with Crippen molar-refractivity contribution in [3.8, 4) is 0 Å². The van der Waals surface area contributed by atoms with Crippen LogP contribution in [-0.2, 0) is 6.42 Å². The van der Waals surface area contributed by atoms with E-state index in [2.05, 4.69) is 10.0 Å². The van der Waals surface area contributed by atoms with E-state index in [9.17, 15) is 4.79 Å². The van der Waals surface area contributed by atoms with Crippen molar-refractivity contribution < 1.29 is 4.79 Å². The first kappa shape index (κ1) is 12.0. The summed E-state index contributed by atoms with van der Waals surface area (Å²) >= 11 is 6.72. The first-order valence-electron chi connectivity index (χ1n) is 4.46. The molecule has 1 heterocycles. The molecule has 80 valence electrons. The van der Waals surface area contributed by atoms with Gasteiger partial charge in [0.2, 0.25) is 0 Å². The summed E-state index contributed by atoms with van der Waals surface area (Å²) in [6.07, 6.45) is 1.58. The molecule has 0 aliphatic heterocycles. The minimum Gasteiger partial charge on any atom is -0.275 e. The Balaban J connectivity index is 2.51. The number of aryl methyl sites for hydroxylation is 1. The zero-order valence-corrected chi connectivity index (χ0v) is 9.75. The minimum absolute atomic E-state index is 0.0211. The summed E-state index contributed by atoms with van der Waals surface area (Å²) in [4.78, 5) is 15.2. The Morgan fingerprint density at radius 3 is 3.00 bits per heavy atom. The lowest BCUT2D eigenvalue weighted by Gasteiger charge is -2.00. The highest BCUT2D eigenvalue weighted by Crippen LogP contribution is 2.20. The Bertz CT molecular complexity index is 398. The van der Waals surface area contributed by atoms with Crippen LogP contribution in [0.1, 0.15) is 27.9 Å². The van der Waals surface area contributed by atoms with E-state index in [1.54, 1.807) is 6.07 Å². The number of nitrogens with zero attached hydrogens (tertiary/aromatic N) is 3. The van der Waals surface area contributed by atoms with Crippen LogP contribution in [0.4, 0.5) is 0 Å². The van der Waals surface area contributed by atoms with E-state index in [0.717, 1.165) is 17.7 Å². The van der Waals surface area contributed by atoms with Crippen LogP contribution in [0.15, 0.2) is 17.2 Å². The van der Waals surface area contributed by atoms with Crippen molar-refractivity contribution >= 4 is 28.2 Å². The number of carbonyl (C=O) groups is 1. The van der Waals surface area contributed by atoms with Gasteiger partial charge < -0.3 is 0 Å². The van der Waals surface area contributed by atoms with E-state index in [1.807, 2.05) is 13.0 Å². The van der Waals surface area contributed by atoms with Gasteiger partial charge in [0.15, 0.2) is 0 Å². The van der Waals surface area contributed by atoms with Gasteiger partial charge in [0.05, 0.1) is 4.88 Å². The van der Waals surface area contributed by atoms with Crippen molar-refractivity contribution in [2.75, 3.05) is 0 Å². The normalized spacial score (nSPS) is 11.9. The highest BCUT2D eigenvalue weighted by Gasteiger charge is 2.07. The monoisotopic (exact) mass is 243 g/mol. The highest BCUT2D eigenvalue weighted by atomic mass is 35.5. The fraction of sp³-hybridized carbons (Fsp3) is 0.444. The highest BCUT2D eigenvalue weighted by molar-refractivity contribution is 7.15. The van der Waals surface area contributed by atoms with Gasteiger partial charge in [-0.2, -0.15) is 0 Å². The van der Waals surface area contributed by atoms with E-state index in [-0.39, 0.29) is 6.04 Å². The minimum atomic E-state index is -0.422. The van der Waals surface area contributed by atoms with E-state index in [4.69, 9.17) is 17.1 Å². The third-order valence-electron chi connectivity index (χ3n) is 1.91. The molecule has 1 atom stereocenters. The largest absolute Gasteiger partial charge is 0.275 e. The van der Waals surface area contributed by atoms with Crippen LogP contribution in [-0.4, -0.2) is 11.3 Å². The lowest BCUT2D eigenvalue weighted by atomic mass is 10.2. The predicted octanol–water partition coefficient (Wildman–Crippen LogP) is 3.76. The third-order valence-corrected chi connectivity index (χ3v) is 3.37. The molecule has 0 N–H and O–H groups in total. The maximum absolute atomic E-state index is 10.8. The molecular weight excluding hydrogens is 234 g/mol. The summed E-state index contributed by atoms with van der Waals surface area (Å²) in [5.74, 6) is 0. The molecule has 0 amide bonds. The lowest BCUT2D eigenvalue weighted by Crippen LogP contribution is -1.97. The van der Waals surface area contributed by atoms with Gasteiger partial charge in [-0.1, -0.05) is 12.0 Å². The van der Waals surface area contributed by atoms with Crippen molar-refractivity contribution in [1.29, 1.82) is 0 Å². The SMILES string of the molecule is CC(CCc1ccc(C(=O)Cl)s1)N=[N+]=[N-]. The average Bonchev–Trinajstić information content (AvgIpc) is 2.63. The maximum atomic E-state index is 10.8. The number of halogens is 1. The van der Waals surface area contributed by atoms with Gasteiger partial charge in [0.25, 0.3) is 5.24 Å². The second kappa shape index (κ2) is 5.75. The Morgan fingerprint density at radius 1 is 1.73 bits per heavy atom. The second-order valence-electron chi connectivity index (χ2n) is 3.13. The van der Waals surface area contributed by atoms with Crippen molar-refractivity contribution in [3.05, 3.63) is 32.3 Å². The van der Waals surface area contributed by atoms with Gasteiger partial charge in [-0.25, -0.2) is 0 Å². The van der Waals surface area contributed by atoms with Gasteiger partial charge in [-0.3, -0.25) is 4.79 Å². The molecule has 1 aromatic heterocycles. The van der Waals surface area contributed by atoms with Crippen LogP contribution in [0.25, 0.3) is 10.4 Å². The molecule has 15 heavy (non-hydrogen) atoms. The Labute approximate surface area is 96.5 Å². The Morgan fingerprint density at radius 2 is 2.47 bits per heavy atom. The summed E-state index contributed by atoms with van der Waals surface area (Å²) < 4.78 is 0. The molecule has 0 saturated carbocycles. The molecule has 0 saturated heterocycles. The van der Waals surface area contributed by atoms with Crippen LogP contribution in [0.3, 0.4) is 0 Å². The number of carbonyl (C=O) groups excluding carboxylic acids is 1. The zero-order chi connectivity index (χ0) is 11.3. The molecule has 0 aliphatic rings. The predicted molar refractivity (Wildman–Crippen MR) is 61.4 cm³/mol. The second-order valence-corrected chi connectivity index (χ2v) is 4.64. The molecule has 0 radical (unpaired) electrons. The Hall–Kier alpha value is -1.03. The van der Waals surface area contributed by atoms with E-state index >= 15 is 0 Å². The topological polar surface area (TPSA) is 65.8 Å². The van der Waals surface area contributed by atoms with Crippen molar-refractivity contribution in [2.24, 2.45) is 5.11 Å². The molecule has 0 spiro atoms. The first-order valence-corrected chi connectivity index (χ1v) is 5.65. The van der Waals surface area contributed by atoms with Gasteiger partial charge >= 0.3 is 0 Å². The Kier molecular flexibility index (Phi) is 4.62. The summed E-state index contributed by atoms with van der Waals surface area (Å²) in [6.45, 7) is 1.86. The van der Waals surface area contributed by atoms with Gasteiger partial charge in [0, 0.05) is 15.8 Å². The molecule has 0 aliphatic carbocycles. The number of rotatable bonds is 5. The van der Waals surface area contributed by atoms with Crippen LogP contribution in [0.5, 0.6) is 0 Å². The van der Waals surface area contributed by atoms with Gasteiger partial charge in [-0.15, -0.1) is 11.3 Å². The standard InChI is InChI=1S/C9H10ClN3OS/c1-6(12-13-11)2-3-7-4-5-8(15-7)9(10)14/h4-6H,2-3H2,1H3. The fourth-order valence-corrected chi connectivity index (χ4v) is 2.15. The zero-order valence-electron chi connectivity index (χ0n) is 8.18. The smallest absolute Gasteiger partial charge is 0.262 e. The van der Waals surface area contributed by atoms with Crippen LogP contribution in [0.2, 0.25) is 0 Å². The number of thiophene rings is 1. The number of hydrogen-bond donors (Lipinski definition) is 0. The molecule has 0 aromatic carbocycles. The molecule has 4 nitrogen and oxygen atoms in total. The third kappa shape index (κ3) is 3.91. The molecular formula is C9H10ClN3OS. The molecule has 6 heteroatoms. The van der Waals surface area contributed by atoms with Crippen molar-refractivity contribution in [2.45, 2.75) is 25.8 Å².